The van der Waals surface area contributed by atoms with Crippen molar-refractivity contribution in [2.45, 2.75) is 31.1 Å². The van der Waals surface area contributed by atoms with Gasteiger partial charge in [-0.05, 0) is 48.2 Å². The van der Waals surface area contributed by atoms with Crippen LogP contribution in [0.4, 0.5) is 0 Å². The van der Waals surface area contributed by atoms with Crippen LogP contribution in [0.15, 0.2) is 48.5 Å². The lowest BCUT2D eigenvalue weighted by Gasteiger charge is -2.49. The third kappa shape index (κ3) is 2.41. The summed E-state index contributed by atoms with van der Waals surface area (Å²) in [5.74, 6) is -2.74. The fraction of sp³-hybridized carbons (Fsp3) is 0.300. The molecule has 136 valence electrons. The van der Waals surface area contributed by atoms with Gasteiger partial charge in [0.1, 0.15) is 11.5 Å². The van der Waals surface area contributed by atoms with Crippen LogP contribution in [-0.2, 0) is 15.0 Å². The summed E-state index contributed by atoms with van der Waals surface area (Å²) < 4.78 is 0. The van der Waals surface area contributed by atoms with Gasteiger partial charge in [0.05, 0.1) is 0 Å². The molecule has 26 heavy (non-hydrogen) atoms. The lowest BCUT2D eigenvalue weighted by molar-refractivity contribution is -0.172. The Hall–Kier alpha value is -3.02. The first-order valence-electron chi connectivity index (χ1n) is 8.40. The van der Waals surface area contributed by atoms with Gasteiger partial charge in [-0.2, -0.15) is 0 Å². The Morgan fingerprint density at radius 1 is 0.692 bits per heavy atom. The zero-order valence-corrected chi connectivity index (χ0v) is 14.1. The van der Waals surface area contributed by atoms with Crippen molar-refractivity contribution in [1.82, 2.24) is 0 Å². The SMILES string of the molecule is O=C(O)C1(C(=O)O)CCCCC1(c1ccc(O)cc1)c1ccc(O)cc1. The number of aromatic hydroxyl groups is 2. The molecule has 0 unspecified atom stereocenters. The normalized spacial score (nSPS) is 18.2. The standard InChI is InChI=1S/C20H20O6/c21-15-7-3-13(4-8-15)19(14-5-9-16(22)10-6-14)11-1-2-12-20(19,17(23)24)18(25)26/h3-10,21-22H,1-2,11-12H2,(H,23,24)(H,25,26). The number of phenols is 2. The average Bonchev–Trinajstić information content (AvgIpc) is 2.62. The third-order valence-corrected chi connectivity index (χ3v) is 5.53. The van der Waals surface area contributed by atoms with Gasteiger partial charge >= 0.3 is 11.9 Å². The average molecular weight is 356 g/mol. The second-order valence-corrected chi connectivity index (χ2v) is 6.72. The largest absolute Gasteiger partial charge is 0.508 e. The summed E-state index contributed by atoms with van der Waals surface area (Å²) in [7, 11) is 0. The highest BCUT2D eigenvalue weighted by Crippen LogP contribution is 2.57. The van der Waals surface area contributed by atoms with Gasteiger partial charge in [-0.15, -0.1) is 0 Å². The van der Waals surface area contributed by atoms with E-state index in [0.717, 1.165) is 0 Å². The number of hydrogen-bond donors (Lipinski definition) is 4. The number of carbonyl (C=O) groups is 2. The maximum absolute atomic E-state index is 12.3. The van der Waals surface area contributed by atoms with Gasteiger partial charge in [0.2, 0.25) is 0 Å². The molecular weight excluding hydrogens is 336 g/mol. The zero-order valence-electron chi connectivity index (χ0n) is 14.1. The van der Waals surface area contributed by atoms with Crippen molar-refractivity contribution in [3.63, 3.8) is 0 Å². The van der Waals surface area contributed by atoms with E-state index < -0.39 is 22.8 Å². The van der Waals surface area contributed by atoms with Crippen molar-refractivity contribution in [1.29, 1.82) is 0 Å². The lowest BCUT2D eigenvalue weighted by atomic mass is 9.50. The number of hydrogen-bond acceptors (Lipinski definition) is 4. The molecule has 0 atom stereocenters. The minimum Gasteiger partial charge on any atom is -0.508 e. The summed E-state index contributed by atoms with van der Waals surface area (Å²) >= 11 is 0. The van der Waals surface area contributed by atoms with E-state index in [1.165, 1.54) is 24.3 Å². The van der Waals surface area contributed by atoms with Crippen molar-refractivity contribution >= 4 is 11.9 Å². The number of phenolic OH excluding ortho intramolecular Hbond substituents is 2. The molecule has 2 aromatic rings. The molecule has 0 aliphatic heterocycles. The highest BCUT2D eigenvalue weighted by atomic mass is 16.4. The molecule has 6 heteroatoms. The van der Waals surface area contributed by atoms with Crippen LogP contribution >= 0.6 is 0 Å². The molecule has 4 N–H and O–H groups in total. The van der Waals surface area contributed by atoms with Crippen molar-refractivity contribution in [2.75, 3.05) is 0 Å². The molecule has 2 aromatic carbocycles. The van der Waals surface area contributed by atoms with Gasteiger partial charge in [0.15, 0.2) is 5.41 Å². The van der Waals surface area contributed by atoms with Crippen molar-refractivity contribution in [2.24, 2.45) is 5.41 Å². The van der Waals surface area contributed by atoms with E-state index in [4.69, 9.17) is 0 Å². The summed E-state index contributed by atoms with van der Waals surface area (Å²) in [5.41, 5.74) is -2.32. The predicted molar refractivity (Wildman–Crippen MR) is 93.2 cm³/mol. The Morgan fingerprint density at radius 2 is 1.08 bits per heavy atom. The van der Waals surface area contributed by atoms with Gasteiger partial charge in [0.25, 0.3) is 0 Å². The van der Waals surface area contributed by atoms with E-state index in [1.54, 1.807) is 24.3 Å². The summed E-state index contributed by atoms with van der Waals surface area (Å²) in [5, 5.41) is 39.4. The summed E-state index contributed by atoms with van der Waals surface area (Å²) in [6, 6.07) is 12.0. The second kappa shape index (κ2) is 6.37. The summed E-state index contributed by atoms with van der Waals surface area (Å²) in [4.78, 5) is 24.7. The molecule has 0 saturated heterocycles. The molecular formula is C20H20O6. The van der Waals surface area contributed by atoms with Crippen molar-refractivity contribution in [3.05, 3.63) is 59.7 Å². The van der Waals surface area contributed by atoms with E-state index in [1.807, 2.05) is 0 Å². The van der Waals surface area contributed by atoms with E-state index in [2.05, 4.69) is 0 Å². The molecule has 1 aliphatic carbocycles. The van der Waals surface area contributed by atoms with E-state index in [0.29, 0.717) is 30.4 Å². The topological polar surface area (TPSA) is 115 Å². The van der Waals surface area contributed by atoms with E-state index >= 15 is 0 Å². The highest BCUT2D eigenvalue weighted by Gasteiger charge is 2.64. The molecule has 1 aliphatic rings. The van der Waals surface area contributed by atoms with Gasteiger partial charge in [0, 0.05) is 5.41 Å². The molecule has 1 saturated carbocycles. The second-order valence-electron chi connectivity index (χ2n) is 6.72. The van der Waals surface area contributed by atoms with Crippen LogP contribution in [0.3, 0.4) is 0 Å². The van der Waals surface area contributed by atoms with Crippen LogP contribution in [0.1, 0.15) is 36.8 Å². The lowest BCUT2D eigenvalue weighted by Crippen LogP contribution is -2.58. The van der Waals surface area contributed by atoms with Gasteiger partial charge in [-0.25, -0.2) is 0 Å². The number of benzene rings is 2. The van der Waals surface area contributed by atoms with Crippen LogP contribution in [0, 0.1) is 5.41 Å². The Morgan fingerprint density at radius 3 is 1.46 bits per heavy atom. The van der Waals surface area contributed by atoms with Gasteiger partial charge in [-0.3, -0.25) is 9.59 Å². The Kier molecular flexibility index (Phi) is 4.36. The molecule has 0 radical (unpaired) electrons. The maximum atomic E-state index is 12.3. The van der Waals surface area contributed by atoms with E-state index in [-0.39, 0.29) is 17.9 Å². The first-order chi connectivity index (χ1) is 12.3. The Labute approximate surface area is 150 Å². The molecule has 0 spiro atoms. The first-order valence-corrected chi connectivity index (χ1v) is 8.40. The fourth-order valence-corrected chi connectivity index (χ4v) is 4.32. The zero-order chi connectivity index (χ0) is 18.9. The van der Waals surface area contributed by atoms with Crippen molar-refractivity contribution in [3.8, 4) is 11.5 Å². The van der Waals surface area contributed by atoms with Crippen LogP contribution in [0.25, 0.3) is 0 Å². The predicted octanol–water partition coefficient (Wildman–Crippen LogP) is 3.11. The molecule has 0 bridgehead atoms. The molecule has 0 heterocycles. The molecule has 3 rings (SSSR count). The van der Waals surface area contributed by atoms with Crippen LogP contribution in [0.5, 0.6) is 11.5 Å². The van der Waals surface area contributed by atoms with Crippen molar-refractivity contribution < 1.29 is 30.0 Å². The van der Waals surface area contributed by atoms with Crippen LogP contribution in [-0.4, -0.2) is 32.4 Å². The molecule has 1 fully saturated rings. The van der Waals surface area contributed by atoms with Gasteiger partial charge in [-0.1, -0.05) is 37.1 Å². The van der Waals surface area contributed by atoms with E-state index in [9.17, 15) is 30.0 Å². The Balaban J connectivity index is 2.38. The molecule has 0 aromatic heterocycles. The number of carboxylic acid groups (broad SMARTS) is 2. The monoisotopic (exact) mass is 356 g/mol. The summed E-state index contributed by atoms with van der Waals surface area (Å²) in [6.07, 6.45) is 1.50. The third-order valence-electron chi connectivity index (χ3n) is 5.53. The maximum Gasteiger partial charge on any atom is 0.322 e. The number of aliphatic carboxylic acids is 2. The minimum atomic E-state index is -2.04. The summed E-state index contributed by atoms with van der Waals surface area (Å²) in [6.45, 7) is 0. The van der Waals surface area contributed by atoms with Crippen LogP contribution in [0.2, 0.25) is 0 Å². The molecule has 6 nitrogen and oxygen atoms in total. The quantitative estimate of drug-likeness (QED) is 0.626. The number of rotatable bonds is 4. The smallest absolute Gasteiger partial charge is 0.322 e. The number of carboxylic acids is 2. The fourth-order valence-electron chi connectivity index (χ4n) is 4.32. The highest BCUT2D eigenvalue weighted by molar-refractivity contribution is 6.01. The minimum absolute atomic E-state index is 0.000576. The van der Waals surface area contributed by atoms with Gasteiger partial charge < -0.3 is 20.4 Å². The first kappa shape index (κ1) is 17.8. The van der Waals surface area contributed by atoms with Crippen LogP contribution < -0.4 is 0 Å². The molecule has 0 amide bonds. The Bertz CT molecular complexity index is 763.